The summed E-state index contributed by atoms with van der Waals surface area (Å²) in [5.74, 6) is 0. The number of rotatable bonds is 4. The molecule has 1 aromatic heterocycles. The van der Waals surface area contributed by atoms with E-state index in [4.69, 9.17) is 0 Å². The molecule has 4 nitrogen and oxygen atoms in total. The molecule has 1 aromatic carbocycles. The van der Waals surface area contributed by atoms with E-state index in [9.17, 15) is 5.26 Å². The smallest absolute Gasteiger partial charge is 0.166 e. The summed E-state index contributed by atoms with van der Waals surface area (Å²) in [6.07, 6.45) is 2.85. The Labute approximate surface area is 129 Å². The summed E-state index contributed by atoms with van der Waals surface area (Å²) in [7, 11) is 0. The molecule has 2 unspecified atom stereocenters. The van der Waals surface area contributed by atoms with Gasteiger partial charge in [0.05, 0.1) is 17.1 Å². The summed E-state index contributed by atoms with van der Waals surface area (Å²) in [5.41, 5.74) is 1.72. The monoisotopic (exact) mass is 300 g/mol. The Bertz CT molecular complexity index is 639. The summed E-state index contributed by atoms with van der Waals surface area (Å²) in [6.45, 7) is 4.19. The van der Waals surface area contributed by atoms with Crippen LogP contribution in [0.15, 0.2) is 29.4 Å². The number of aromatic nitrogens is 2. The third kappa shape index (κ3) is 3.07. The van der Waals surface area contributed by atoms with Gasteiger partial charge in [-0.25, -0.2) is 4.98 Å². The highest BCUT2D eigenvalue weighted by atomic mass is 32.2. The van der Waals surface area contributed by atoms with Gasteiger partial charge in [0.15, 0.2) is 5.16 Å². The molecule has 0 amide bonds. The van der Waals surface area contributed by atoms with Crippen molar-refractivity contribution in [2.75, 3.05) is 0 Å². The molecule has 0 bridgehead atoms. The first-order chi connectivity index (χ1) is 10.1. The van der Waals surface area contributed by atoms with Gasteiger partial charge in [-0.1, -0.05) is 23.9 Å². The minimum atomic E-state index is -0.363. The van der Waals surface area contributed by atoms with Crippen molar-refractivity contribution in [2.45, 2.75) is 55.1 Å². The summed E-state index contributed by atoms with van der Waals surface area (Å²) in [6, 6.07) is 10.9. The first kappa shape index (κ1) is 14.4. The molecule has 2 aromatic rings. The molecule has 5 heteroatoms. The van der Waals surface area contributed by atoms with Crippen LogP contribution in [0.25, 0.3) is 11.0 Å². The Kier molecular flexibility index (Phi) is 3.92. The van der Waals surface area contributed by atoms with Crippen molar-refractivity contribution in [3.63, 3.8) is 0 Å². The Hall–Kier alpha value is -1.51. The van der Waals surface area contributed by atoms with Crippen molar-refractivity contribution in [3.05, 3.63) is 24.3 Å². The van der Waals surface area contributed by atoms with E-state index in [2.05, 4.69) is 35.2 Å². The second-order valence-electron chi connectivity index (χ2n) is 6.03. The molecule has 1 heterocycles. The number of nitriles is 1. The first-order valence-electron chi connectivity index (χ1n) is 7.40. The van der Waals surface area contributed by atoms with Crippen molar-refractivity contribution in [2.24, 2.45) is 0 Å². The van der Waals surface area contributed by atoms with E-state index in [0.29, 0.717) is 11.3 Å². The number of aromatic amines is 1. The number of para-hydroxylation sites is 2. The number of hydrogen-bond acceptors (Lipinski definition) is 4. The summed E-state index contributed by atoms with van der Waals surface area (Å²) in [5, 5.41) is 14.4. The average molecular weight is 300 g/mol. The van der Waals surface area contributed by atoms with Crippen molar-refractivity contribution in [3.8, 4) is 6.07 Å². The van der Waals surface area contributed by atoms with Gasteiger partial charge in [0.25, 0.3) is 0 Å². The third-order valence-corrected chi connectivity index (χ3v) is 5.05. The maximum Gasteiger partial charge on any atom is 0.166 e. The van der Waals surface area contributed by atoms with Crippen LogP contribution in [0.1, 0.15) is 33.1 Å². The van der Waals surface area contributed by atoms with Gasteiger partial charge in [0, 0.05) is 11.3 Å². The Morgan fingerprint density at radius 1 is 1.48 bits per heavy atom. The number of thioether (sulfide) groups is 1. The highest BCUT2D eigenvalue weighted by Gasteiger charge is 2.40. The van der Waals surface area contributed by atoms with Gasteiger partial charge < -0.3 is 4.98 Å². The molecule has 1 saturated carbocycles. The highest BCUT2D eigenvalue weighted by molar-refractivity contribution is 7.99. The number of fused-ring (bicyclic) bond motifs is 1. The molecule has 2 N–H and O–H groups in total. The fourth-order valence-corrected chi connectivity index (χ4v) is 4.30. The molecule has 0 saturated heterocycles. The Morgan fingerprint density at radius 2 is 2.29 bits per heavy atom. The molecule has 1 aliphatic rings. The zero-order valence-corrected chi connectivity index (χ0v) is 13.2. The van der Waals surface area contributed by atoms with Crippen LogP contribution in [-0.2, 0) is 0 Å². The number of hydrogen-bond donors (Lipinski definition) is 2. The van der Waals surface area contributed by atoms with Crippen LogP contribution in [0.2, 0.25) is 0 Å². The zero-order chi connectivity index (χ0) is 14.9. The number of nitrogens with one attached hydrogen (secondary N) is 2. The van der Waals surface area contributed by atoms with Crippen LogP contribution < -0.4 is 5.32 Å². The van der Waals surface area contributed by atoms with Gasteiger partial charge in [-0.15, -0.1) is 0 Å². The maximum absolute atomic E-state index is 9.52. The van der Waals surface area contributed by atoms with Crippen LogP contribution in [0.5, 0.6) is 0 Å². The molecule has 0 radical (unpaired) electrons. The Balaban J connectivity index is 1.70. The summed E-state index contributed by atoms with van der Waals surface area (Å²) < 4.78 is 0. The quantitative estimate of drug-likeness (QED) is 0.907. The first-order valence-corrected chi connectivity index (χ1v) is 8.28. The molecular weight excluding hydrogens is 280 g/mol. The highest BCUT2D eigenvalue weighted by Crippen LogP contribution is 2.39. The van der Waals surface area contributed by atoms with E-state index >= 15 is 0 Å². The van der Waals surface area contributed by atoms with E-state index in [1.54, 1.807) is 11.8 Å². The SMILES string of the molecule is CC(C)NC1(C#N)CCC(Sc2nc3ccccc3[nH]2)C1. The lowest BCUT2D eigenvalue weighted by Gasteiger charge is -2.25. The van der Waals surface area contributed by atoms with Crippen LogP contribution in [0, 0.1) is 11.3 Å². The molecule has 1 aliphatic carbocycles. The van der Waals surface area contributed by atoms with Crippen molar-refractivity contribution in [1.82, 2.24) is 15.3 Å². The Morgan fingerprint density at radius 3 is 3.00 bits per heavy atom. The second kappa shape index (κ2) is 5.70. The molecular formula is C16H20N4S. The zero-order valence-electron chi connectivity index (χ0n) is 12.4. The van der Waals surface area contributed by atoms with Gasteiger partial charge >= 0.3 is 0 Å². The molecule has 0 spiro atoms. The number of imidazole rings is 1. The van der Waals surface area contributed by atoms with E-state index in [-0.39, 0.29) is 5.54 Å². The predicted molar refractivity (Wildman–Crippen MR) is 86.2 cm³/mol. The lowest BCUT2D eigenvalue weighted by Crippen LogP contribution is -2.45. The largest absolute Gasteiger partial charge is 0.333 e. The van der Waals surface area contributed by atoms with E-state index in [1.165, 1.54) is 0 Å². The third-order valence-electron chi connectivity index (χ3n) is 3.89. The fourth-order valence-electron chi connectivity index (χ4n) is 3.06. The minimum absolute atomic E-state index is 0.333. The van der Waals surface area contributed by atoms with Crippen LogP contribution in [0.4, 0.5) is 0 Å². The molecule has 0 aliphatic heterocycles. The summed E-state index contributed by atoms with van der Waals surface area (Å²) in [4.78, 5) is 7.97. The van der Waals surface area contributed by atoms with E-state index in [1.807, 2.05) is 24.3 Å². The average Bonchev–Trinajstić information content (AvgIpc) is 3.02. The summed E-state index contributed by atoms with van der Waals surface area (Å²) >= 11 is 1.76. The van der Waals surface area contributed by atoms with Crippen molar-refractivity contribution < 1.29 is 0 Å². The van der Waals surface area contributed by atoms with E-state index < -0.39 is 0 Å². The van der Waals surface area contributed by atoms with Gasteiger partial charge in [-0.05, 0) is 45.2 Å². The number of H-pyrrole nitrogens is 1. The van der Waals surface area contributed by atoms with E-state index in [0.717, 1.165) is 35.5 Å². The molecule has 3 rings (SSSR count). The second-order valence-corrected chi connectivity index (χ2v) is 7.32. The lowest BCUT2D eigenvalue weighted by molar-refractivity contribution is 0.386. The van der Waals surface area contributed by atoms with Crippen LogP contribution in [-0.4, -0.2) is 26.8 Å². The molecule has 21 heavy (non-hydrogen) atoms. The molecule has 2 atom stereocenters. The van der Waals surface area contributed by atoms with Gasteiger partial charge in [0.1, 0.15) is 5.54 Å². The van der Waals surface area contributed by atoms with Gasteiger partial charge in [0.2, 0.25) is 0 Å². The van der Waals surface area contributed by atoms with Gasteiger partial charge in [-0.2, -0.15) is 5.26 Å². The normalized spacial score (nSPS) is 25.5. The fraction of sp³-hybridized carbons (Fsp3) is 0.500. The predicted octanol–water partition coefficient (Wildman–Crippen LogP) is 3.47. The molecule has 110 valence electrons. The van der Waals surface area contributed by atoms with Crippen molar-refractivity contribution in [1.29, 1.82) is 5.26 Å². The standard InChI is InChI=1S/C16H20N4S/c1-11(2)20-16(10-17)8-7-12(9-16)21-15-18-13-5-3-4-6-14(13)19-15/h3-6,11-12,20H,7-9H2,1-2H3,(H,18,19). The maximum atomic E-state index is 9.52. The number of nitrogens with zero attached hydrogens (tertiary/aromatic N) is 2. The minimum Gasteiger partial charge on any atom is -0.333 e. The van der Waals surface area contributed by atoms with Gasteiger partial charge in [-0.3, -0.25) is 5.32 Å². The van der Waals surface area contributed by atoms with Crippen LogP contribution in [0.3, 0.4) is 0 Å². The number of benzene rings is 1. The molecule has 1 fully saturated rings. The van der Waals surface area contributed by atoms with Crippen LogP contribution >= 0.6 is 11.8 Å². The van der Waals surface area contributed by atoms with Crippen molar-refractivity contribution >= 4 is 22.8 Å². The lowest BCUT2D eigenvalue weighted by atomic mass is 9.99. The topological polar surface area (TPSA) is 64.5 Å².